The van der Waals surface area contributed by atoms with Gasteiger partial charge in [0.15, 0.2) is 0 Å². The average molecular weight is 291 g/mol. The Morgan fingerprint density at radius 2 is 2.10 bits per heavy atom. The molecule has 6 heteroatoms. The Kier molecular flexibility index (Phi) is 6.05. The number of rotatable bonds is 7. The van der Waals surface area contributed by atoms with Crippen LogP contribution in [0.5, 0.6) is 0 Å². The second-order valence-electron chi connectivity index (χ2n) is 5.06. The molecule has 0 heterocycles. The second kappa shape index (κ2) is 7.54. The standard InChI is InChI=1S/C15H21N3O3/c1-5-17(9-11(2)3)10-15(19)16-14-8-13(18(20)21)7-6-12(14)4/h6-8H,2,5,9-10H2,1,3-4H3,(H,16,19). The van der Waals surface area contributed by atoms with Crippen LogP contribution in [0.25, 0.3) is 0 Å². The second-order valence-corrected chi connectivity index (χ2v) is 5.06. The van der Waals surface area contributed by atoms with Crippen LogP contribution >= 0.6 is 0 Å². The number of nitro benzene ring substituents is 1. The molecular formula is C15H21N3O3. The molecule has 0 fully saturated rings. The molecule has 0 saturated heterocycles. The molecule has 0 aromatic heterocycles. The Labute approximate surface area is 124 Å². The Bertz CT molecular complexity index is 555. The first kappa shape index (κ1) is 16.8. The maximum Gasteiger partial charge on any atom is 0.271 e. The van der Waals surface area contributed by atoms with Gasteiger partial charge < -0.3 is 5.32 Å². The van der Waals surface area contributed by atoms with Crippen molar-refractivity contribution >= 4 is 17.3 Å². The molecule has 0 unspecified atom stereocenters. The van der Waals surface area contributed by atoms with E-state index < -0.39 is 4.92 Å². The first-order valence-electron chi connectivity index (χ1n) is 6.75. The third-order valence-corrected chi connectivity index (χ3v) is 3.01. The minimum atomic E-state index is -0.478. The van der Waals surface area contributed by atoms with Crippen LogP contribution in [0.2, 0.25) is 0 Å². The number of amides is 1. The number of benzene rings is 1. The number of likely N-dealkylation sites (N-methyl/N-ethyl adjacent to an activating group) is 1. The average Bonchev–Trinajstić information content (AvgIpc) is 2.39. The molecule has 0 saturated carbocycles. The highest BCUT2D eigenvalue weighted by atomic mass is 16.6. The van der Waals surface area contributed by atoms with Gasteiger partial charge in [0.25, 0.3) is 5.69 Å². The third-order valence-electron chi connectivity index (χ3n) is 3.01. The molecular weight excluding hydrogens is 270 g/mol. The smallest absolute Gasteiger partial charge is 0.271 e. The lowest BCUT2D eigenvalue weighted by atomic mass is 10.2. The highest BCUT2D eigenvalue weighted by molar-refractivity contribution is 5.93. The lowest BCUT2D eigenvalue weighted by Crippen LogP contribution is -2.34. The van der Waals surface area contributed by atoms with Crippen LogP contribution in [0.3, 0.4) is 0 Å². The number of aryl methyl sites for hydroxylation is 1. The summed E-state index contributed by atoms with van der Waals surface area (Å²) < 4.78 is 0. The van der Waals surface area contributed by atoms with E-state index in [0.717, 1.165) is 17.7 Å². The van der Waals surface area contributed by atoms with E-state index in [1.807, 2.05) is 18.7 Å². The zero-order chi connectivity index (χ0) is 16.0. The zero-order valence-corrected chi connectivity index (χ0v) is 12.7. The third kappa shape index (κ3) is 5.35. The van der Waals surface area contributed by atoms with Gasteiger partial charge in [0.05, 0.1) is 17.2 Å². The predicted molar refractivity (Wildman–Crippen MR) is 83.4 cm³/mol. The molecule has 0 aliphatic rings. The minimum Gasteiger partial charge on any atom is -0.324 e. The molecule has 0 bridgehead atoms. The summed E-state index contributed by atoms with van der Waals surface area (Å²) in [4.78, 5) is 24.3. The van der Waals surface area contributed by atoms with Crippen molar-refractivity contribution in [3.63, 3.8) is 0 Å². The number of nitro groups is 1. The molecule has 0 radical (unpaired) electrons. The van der Waals surface area contributed by atoms with E-state index in [0.29, 0.717) is 12.2 Å². The SMILES string of the molecule is C=C(C)CN(CC)CC(=O)Nc1cc([N+](=O)[O-])ccc1C. The normalized spacial score (nSPS) is 10.5. The fourth-order valence-electron chi connectivity index (χ4n) is 1.91. The van der Waals surface area contributed by atoms with Crippen LogP contribution in [0.4, 0.5) is 11.4 Å². The van der Waals surface area contributed by atoms with E-state index >= 15 is 0 Å². The Morgan fingerprint density at radius 1 is 1.43 bits per heavy atom. The van der Waals surface area contributed by atoms with Gasteiger partial charge in [0.1, 0.15) is 0 Å². The van der Waals surface area contributed by atoms with Crippen molar-refractivity contribution in [1.82, 2.24) is 4.90 Å². The minimum absolute atomic E-state index is 0.0369. The lowest BCUT2D eigenvalue weighted by molar-refractivity contribution is -0.384. The van der Waals surface area contributed by atoms with Crippen molar-refractivity contribution in [1.29, 1.82) is 0 Å². The largest absolute Gasteiger partial charge is 0.324 e. The number of anilines is 1. The molecule has 0 atom stereocenters. The predicted octanol–water partition coefficient (Wildman–Crippen LogP) is 2.74. The number of non-ortho nitro benzene ring substituents is 1. The molecule has 1 N–H and O–H groups in total. The number of hydrogen-bond acceptors (Lipinski definition) is 4. The van der Waals surface area contributed by atoms with Gasteiger partial charge >= 0.3 is 0 Å². The molecule has 1 aromatic rings. The maximum absolute atomic E-state index is 12.0. The molecule has 1 rings (SSSR count). The van der Waals surface area contributed by atoms with Crippen LogP contribution < -0.4 is 5.32 Å². The molecule has 0 aliphatic carbocycles. The fourth-order valence-corrected chi connectivity index (χ4v) is 1.91. The highest BCUT2D eigenvalue weighted by Crippen LogP contribution is 2.21. The lowest BCUT2D eigenvalue weighted by Gasteiger charge is -2.20. The topological polar surface area (TPSA) is 75.5 Å². The summed E-state index contributed by atoms with van der Waals surface area (Å²) in [6, 6.07) is 4.42. The Balaban J connectivity index is 2.76. The summed E-state index contributed by atoms with van der Waals surface area (Å²) in [5.41, 5.74) is 2.21. The van der Waals surface area contributed by atoms with Crippen LogP contribution in [0.15, 0.2) is 30.4 Å². The summed E-state index contributed by atoms with van der Waals surface area (Å²) in [5, 5.41) is 13.5. The zero-order valence-electron chi connectivity index (χ0n) is 12.7. The van der Waals surface area contributed by atoms with E-state index in [-0.39, 0.29) is 18.1 Å². The number of carbonyl (C=O) groups excluding carboxylic acids is 1. The van der Waals surface area contributed by atoms with Crippen LogP contribution in [-0.4, -0.2) is 35.4 Å². The summed E-state index contributed by atoms with van der Waals surface area (Å²) in [5.74, 6) is -0.193. The Morgan fingerprint density at radius 3 is 2.62 bits per heavy atom. The van der Waals surface area contributed by atoms with Gasteiger partial charge in [-0.25, -0.2) is 0 Å². The van der Waals surface area contributed by atoms with Gasteiger partial charge in [-0.05, 0) is 26.0 Å². The maximum atomic E-state index is 12.0. The number of hydrogen-bond donors (Lipinski definition) is 1. The highest BCUT2D eigenvalue weighted by Gasteiger charge is 2.13. The Hall–Kier alpha value is -2.21. The van der Waals surface area contributed by atoms with Crippen molar-refractivity contribution in [2.45, 2.75) is 20.8 Å². The molecule has 1 aromatic carbocycles. The fraction of sp³-hybridized carbons (Fsp3) is 0.400. The van der Waals surface area contributed by atoms with Crippen LogP contribution in [-0.2, 0) is 4.79 Å². The van der Waals surface area contributed by atoms with Gasteiger partial charge in [-0.15, -0.1) is 0 Å². The van der Waals surface area contributed by atoms with Crippen molar-refractivity contribution in [3.8, 4) is 0 Å². The van der Waals surface area contributed by atoms with E-state index in [2.05, 4.69) is 11.9 Å². The van der Waals surface area contributed by atoms with Crippen molar-refractivity contribution in [2.75, 3.05) is 25.0 Å². The molecule has 21 heavy (non-hydrogen) atoms. The van der Waals surface area contributed by atoms with Gasteiger partial charge in [0.2, 0.25) is 5.91 Å². The number of nitrogens with zero attached hydrogens (tertiary/aromatic N) is 2. The van der Waals surface area contributed by atoms with E-state index in [1.165, 1.54) is 12.1 Å². The summed E-state index contributed by atoms with van der Waals surface area (Å²) in [6.07, 6.45) is 0. The number of carbonyl (C=O) groups is 1. The molecule has 0 aliphatic heterocycles. The first-order chi connectivity index (χ1) is 9.83. The van der Waals surface area contributed by atoms with Crippen molar-refractivity contribution in [3.05, 3.63) is 46.0 Å². The molecule has 1 amide bonds. The van der Waals surface area contributed by atoms with Crippen molar-refractivity contribution in [2.24, 2.45) is 0 Å². The van der Waals surface area contributed by atoms with E-state index in [9.17, 15) is 14.9 Å². The van der Waals surface area contributed by atoms with Crippen molar-refractivity contribution < 1.29 is 9.72 Å². The summed E-state index contributed by atoms with van der Waals surface area (Å²) in [6.45, 7) is 11.1. The van der Waals surface area contributed by atoms with Crippen LogP contribution in [0, 0.1) is 17.0 Å². The molecule has 6 nitrogen and oxygen atoms in total. The van der Waals surface area contributed by atoms with Gasteiger partial charge in [-0.3, -0.25) is 19.8 Å². The quantitative estimate of drug-likeness (QED) is 0.476. The van der Waals surface area contributed by atoms with E-state index in [4.69, 9.17) is 0 Å². The molecule has 0 spiro atoms. The van der Waals surface area contributed by atoms with Gasteiger partial charge in [0, 0.05) is 18.7 Å². The summed E-state index contributed by atoms with van der Waals surface area (Å²) in [7, 11) is 0. The number of nitrogens with one attached hydrogen (secondary N) is 1. The van der Waals surface area contributed by atoms with Gasteiger partial charge in [-0.1, -0.05) is 25.1 Å². The van der Waals surface area contributed by atoms with Gasteiger partial charge in [-0.2, -0.15) is 0 Å². The first-order valence-corrected chi connectivity index (χ1v) is 6.75. The summed E-state index contributed by atoms with van der Waals surface area (Å²) >= 11 is 0. The molecule has 114 valence electrons. The van der Waals surface area contributed by atoms with E-state index in [1.54, 1.807) is 13.0 Å². The monoisotopic (exact) mass is 291 g/mol. The van der Waals surface area contributed by atoms with Crippen LogP contribution in [0.1, 0.15) is 19.4 Å².